The molecule has 0 aliphatic carbocycles. The lowest BCUT2D eigenvalue weighted by atomic mass is 10.3. The minimum absolute atomic E-state index is 0.583. The molecule has 0 saturated carbocycles. The van der Waals surface area contributed by atoms with Gasteiger partial charge in [0.2, 0.25) is 0 Å². The lowest BCUT2D eigenvalue weighted by Gasteiger charge is -1.91. The summed E-state index contributed by atoms with van der Waals surface area (Å²) < 4.78 is 0. The van der Waals surface area contributed by atoms with Crippen LogP contribution in [0.5, 0.6) is 0 Å². The minimum Gasteiger partial charge on any atom is -0.367 e. The van der Waals surface area contributed by atoms with E-state index in [-0.39, 0.29) is 0 Å². The summed E-state index contributed by atoms with van der Waals surface area (Å²) in [5.41, 5.74) is 1.17. The Balaban J connectivity index is 3.89. The highest BCUT2D eigenvalue weighted by Crippen LogP contribution is 1.84. The molecule has 0 atom stereocenters. The fraction of sp³-hybridized carbons (Fsp3) is 0.250. The Hall–Kier alpha value is -1.38. The summed E-state index contributed by atoms with van der Waals surface area (Å²) >= 11 is 0. The first-order chi connectivity index (χ1) is 5.20. The van der Waals surface area contributed by atoms with E-state index in [1.54, 1.807) is 13.8 Å². The topological polar surface area (TPSA) is 46.2 Å². The summed E-state index contributed by atoms with van der Waals surface area (Å²) in [6.07, 6.45) is 4.52. The van der Waals surface area contributed by atoms with Crippen molar-refractivity contribution in [1.29, 1.82) is 0 Å². The zero-order valence-electron chi connectivity index (χ0n) is 6.63. The molecule has 0 fully saturated rings. The smallest absolute Gasteiger partial charge is 0.147 e. The highest BCUT2D eigenvalue weighted by atomic mass is 16.1. The van der Waals surface area contributed by atoms with Gasteiger partial charge in [0.25, 0.3) is 0 Å². The fourth-order valence-electron chi connectivity index (χ4n) is 0.373. The molecule has 3 heteroatoms. The van der Waals surface area contributed by atoms with Crippen molar-refractivity contribution in [2.45, 2.75) is 13.8 Å². The lowest BCUT2D eigenvalue weighted by Crippen LogP contribution is -1.97. The maximum absolute atomic E-state index is 10.1. The zero-order valence-corrected chi connectivity index (χ0v) is 6.63. The van der Waals surface area contributed by atoms with Gasteiger partial charge < -0.3 is 5.32 Å². The molecular weight excluding hydrogens is 142 g/mol. The molecule has 0 saturated heterocycles. The van der Waals surface area contributed by atoms with E-state index in [2.05, 4.69) is 5.32 Å². The van der Waals surface area contributed by atoms with E-state index in [0.717, 1.165) is 12.6 Å². The highest BCUT2D eigenvalue weighted by Gasteiger charge is 1.82. The molecule has 0 aromatic heterocycles. The van der Waals surface area contributed by atoms with Crippen LogP contribution < -0.4 is 5.32 Å². The Morgan fingerprint density at radius 2 is 1.36 bits per heavy atom. The van der Waals surface area contributed by atoms with Gasteiger partial charge in [0.15, 0.2) is 0 Å². The molecule has 11 heavy (non-hydrogen) atoms. The molecule has 0 rings (SSSR count). The fourth-order valence-corrected chi connectivity index (χ4v) is 0.373. The predicted octanol–water partition coefficient (Wildman–Crippen LogP) is 0.781. The molecule has 0 spiro atoms. The van der Waals surface area contributed by atoms with Gasteiger partial charge in [0.05, 0.1) is 0 Å². The Labute approximate surface area is 65.8 Å². The van der Waals surface area contributed by atoms with Crippen molar-refractivity contribution in [3.63, 3.8) is 0 Å². The number of carbonyl (C=O) groups excluding carboxylic acids is 2. The first-order valence-electron chi connectivity index (χ1n) is 3.20. The van der Waals surface area contributed by atoms with Crippen molar-refractivity contribution in [3.8, 4) is 0 Å². The van der Waals surface area contributed by atoms with Crippen LogP contribution in [0.1, 0.15) is 13.8 Å². The SMILES string of the molecule is CC(C=O)=CNC=C(C)C=O. The van der Waals surface area contributed by atoms with Crippen molar-refractivity contribution in [3.05, 3.63) is 23.5 Å². The monoisotopic (exact) mass is 153 g/mol. The third-order valence-corrected chi connectivity index (χ3v) is 0.994. The number of nitrogens with one attached hydrogen (secondary N) is 1. The molecular formula is C8H11NO2. The van der Waals surface area contributed by atoms with Gasteiger partial charge in [-0.05, 0) is 13.8 Å². The zero-order chi connectivity index (χ0) is 8.69. The van der Waals surface area contributed by atoms with Gasteiger partial charge in [0.1, 0.15) is 12.6 Å². The van der Waals surface area contributed by atoms with Gasteiger partial charge in [0, 0.05) is 23.5 Å². The number of aldehydes is 2. The largest absolute Gasteiger partial charge is 0.367 e. The maximum Gasteiger partial charge on any atom is 0.147 e. The average Bonchev–Trinajstić information content (AvgIpc) is 2.04. The number of hydrogen-bond donors (Lipinski definition) is 1. The van der Waals surface area contributed by atoms with Crippen LogP contribution in [-0.4, -0.2) is 12.6 Å². The molecule has 0 aromatic carbocycles. The van der Waals surface area contributed by atoms with E-state index in [1.807, 2.05) is 0 Å². The minimum atomic E-state index is 0.583. The van der Waals surface area contributed by atoms with E-state index >= 15 is 0 Å². The van der Waals surface area contributed by atoms with Gasteiger partial charge in [-0.25, -0.2) is 0 Å². The molecule has 0 heterocycles. The van der Waals surface area contributed by atoms with E-state index in [4.69, 9.17) is 0 Å². The first-order valence-corrected chi connectivity index (χ1v) is 3.20. The third kappa shape index (κ3) is 5.08. The number of carbonyl (C=O) groups is 2. The van der Waals surface area contributed by atoms with Crippen LogP contribution in [-0.2, 0) is 9.59 Å². The van der Waals surface area contributed by atoms with Gasteiger partial charge in [-0.3, -0.25) is 9.59 Å². The summed E-state index contributed by atoms with van der Waals surface area (Å²) in [6, 6.07) is 0. The van der Waals surface area contributed by atoms with Crippen molar-refractivity contribution in [2.75, 3.05) is 0 Å². The quantitative estimate of drug-likeness (QED) is 0.479. The Kier molecular flexibility index (Phi) is 4.73. The number of allylic oxidation sites excluding steroid dienone is 2. The van der Waals surface area contributed by atoms with Crippen LogP contribution in [0.25, 0.3) is 0 Å². The highest BCUT2D eigenvalue weighted by molar-refractivity contribution is 5.73. The molecule has 0 unspecified atom stereocenters. The van der Waals surface area contributed by atoms with Crippen LogP contribution in [0.4, 0.5) is 0 Å². The molecule has 3 nitrogen and oxygen atoms in total. The molecule has 1 N–H and O–H groups in total. The summed E-state index contributed by atoms with van der Waals surface area (Å²) in [5, 5.41) is 2.70. The molecule has 0 radical (unpaired) electrons. The summed E-state index contributed by atoms with van der Waals surface area (Å²) in [6.45, 7) is 3.34. The van der Waals surface area contributed by atoms with Gasteiger partial charge in [-0.1, -0.05) is 0 Å². The van der Waals surface area contributed by atoms with E-state index in [9.17, 15) is 9.59 Å². The molecule has 0 amide bonds. The van der Waals surface area contributed by atoms with Crippen molar-refractivity contribution >= 4 is 12.6 Å². The van der Waals surface area contributed by atoms with Crippen LogP contribution in [0.3, 0.4) is 0 Å². The maximum atomic E-state index is 10.1. The van der Waals surface area contributed by atoms with E-state index in [1.165, 1.54) is 12.4 Å². The van der Waals surface area contributed by atoms with Crippen LogP contribution >= 0.6 is 0 Å². The van der Waals surface area contributed by atoms with Crippen molar-refractivity contribution in [1.82, 2.24) is 5.32 Å². The second-order valence-electron chi connectivity index (χ2n) is 2.18. The van der Waals surface area contributed by atoms with Crippen molar-refractivity contribution in [2.24, 2.45) is 0 Å². The summed E-state index contributed by atoms with van der Waals surface area (Å²) in [5.74, 6) is 0. The number of hydrogen-bond acceptors (Lipinski definition) is 3. The Morgan fingerprint density at radius 1 is 1.00 bits per heavy atom. The van der Waals surface area contributed by atoms with Crippen LogP contribution in [0, 0.1) is 0 Å². The molecule has 0 bridgehead atoms. The van der Waals surface area contributed by atoms with Gasteiger partial charge in [-0.2, -0.15) is 0 Å². The molecule has 0 aromatic rings. The van der Waals surface area contributed by atoms with E-state index < -0.39 is 0 Å². The Morgan fingerprint density at radius 3 is 1.64 bits per heavy atom. The summed E-state index contributed by atoms with van der Waals surface area (Å²) in [4.78, 5) is 20.1. The van der Waals surface area contributed by atoms with Gasteiger partial charge >= 0.3 is 0 Å². The standard InChI is InChI=1S/C8H11NO2/c1-7(5-10)3-9-4-8(2)6-11/h3-6,9H,1-2H3. The number of rotatable bonds is 4. The first kappa shape index (κ1) is 9.62. The Bertz CT molecular complexity index is 182. The summed E-state index contributed by atoms with van der Waals surface area (Å²) in [7, 11) is 0. The van der Waals surface area contributed by atoms with Crippen molar-refractivity contribution < 1.29 is 9.59 Å². The lowest BCUT2D eigenvalue weighted by molar-refractivity contribution is -0.105. The second kappa shape index (κ2) is 5.41. The predicted molar refractivity (Wildman–Crippen MR) is 42.8 cm³/mol. The van der Waals surface area contributed by atoms with Crippen LogP contribution in [0.2, 0.25) is 0 Å². The molecule has 60 valence electrons. The van der Waals surface area contributed by atoms with E-state index in [0.29, 0.717) is 11.1 Å². The third-order valence-electron chi connectivity index (χ3n) is 0.994. The normalized spacial score (nSPS) is 12.5. The van der Waals surface area contributed by atoms with Gasteiger partial charge in [-0.15, -0.1) is 0 Å². The second-order valence-corrected chi connectivity index (χ2v) is 2.18. The van der Waals surface area contributed by atoms with Crippen LogP contribution in [0.15, 0.2) is 23.5 Å². The average molecular weight is 153 g/mol. The molecule has 0 aliphatic rings. The molecule has 0 aliphatic heterocycles.